The van der Waals surface area contributed by atoms with Crippen LogP contribution in [-0.2, 0) is 4.79 Å². The first-order valence-corrected chi connectivity index (χ1v) is 8.11. The van der Waals surface area contributed by atoms with E-state index in [1.165, 1.54) is 19.3 Å². The third-order valence-corrected chi connectivity index (χ3v) is 4.68. The van der Waals surface area contributed by atoms with E-state index >= 15 is 0 Å². The molecule has 5 heteroatoms. The van der Waals surface area contributed by atoms with Crippen molar-refractivity contribution in [3.63, 3.8) is 0 Å². The zero-order valence-corrected chi connectivity index (χ0v) is 12.8. The van der Waals surface area contributed by atoms with Gasteiger partial charge in [0.2, 0.25) is 5.91 Å². The van der Waals surface area contributed by atoms with E-state index in [9.17, 15) is 4.79 Å². The molecule has 2 rings (SSSR count). The number of rotatable bonds is 5. The van der Waals surface area contributed by atoms with Crippen molar-refractivity contribution in [3.05, 3.63) is 0 Å². The molecular weight excluding hydrogens is 252 g/mol. The predicted octanol–water partition coefficient (Wildman–Crippen LogP) is 0.400. The number of nitrogens with two attached hydrogens (primary N) is 1. The fraction of sp³-hybridized carbons (Fsp3) is 0.933. The van der Waals surface area contributed by atoms with Crippen molar-refractivity contribution in [2.75, 3.05) is 39.8 Å². The van der Waals surface area contributed by atoms with E-state index in [0.29, 0.717) is 25.0 Å². The van der Waals surface area contributed by atoms with Crippen molar-refractivity contribution in [3.8, 4) is 0 Å². The maximum atomic E-state index is 12.0. The lowest BCUT2D eigenvalue weighted by atomic mass is 9.95. The molecule has 2 aliphatic rings. The molecule has 1 heterocycles. The van der Waals surface area contributed by atoms with Gasteiger partial charge >= 0.3 is 0 Å². The highest BCUT2D eigenvalue weighted by atomic mass is 16.1. The fourth-order valence-corrected chi connectivity index (χ4v) is 3.36. The largest absolute Gasteiger partial charge is 0.353 e. The van der Waals surface area contributed by atoms with E-state index in [1.807, 2.05) is 0 Å². The molecule has 116 valence electrons. The van der Waals surface area contributed by atoms with E-state index in [1.54, 1.807) is 0 Å². The molecular formula is C15H30N4O. The second kappa shape index (κ2) is 7.96. The van der Waals surface area contributed by atoms with Crippen LogP contribution in [-0.4, -0.2) is 67.6 Å². The summed E-state index contributed by atoms with van der Waals surface area (Å²) in [5.74, 6) is 0.214. The summed E-state index contributed by atoms with van der Waals surface area (Å²) in [5, 5.41) is 3.19. The Morgan fingerprint density at radius 3 is 2.70 bits per heavy atom. The quantitative estimate of drug-likeness (QED) is 0.766. The van der Waals surface area contributed by atoms with Crippen LogP contribution in [0.5, 0.6) is 0 Å². The Bertz CT molecular complexity index is 304. The molecule has 0 bridgehead atoms. The van der Waals surface area contributed by atoms with Crippen LogP contribution in [0, 0.1) is 0 Å². The summed E-state index contributed by atoms with van der Waals surface area (Å²) in [6.45, 7) is 4.62. The van der Waals surface area contributed by atoms with Crippen LogP contribution in [0.2, 0.25) is 0 Å². The summed E-state index contributed by atoms with van der Waals surface area (Å²) < 4.78 is 0. The van der Waals surface area contributed by atoms with Crippen molar-refractivity contribution < 1.29 is 4.79 Å². The SMILES string of the molecule is CN1CCN(CCC(=O)NC2CCCCC2)C(CN)C1. The number of likely N-dealkylation sites (N-methyl/N-ethyl adjacent to an activating group) is 1. The number of nitrogens with zero attached hydrogens (tertiary/aromatic N) is 2. The van der Waals surface area contributed by atoms with Crippen molar-refractivity contribution in [2.24, 2.45) is 5.73 Å². The van der Waals surface area contributed by atoms with Gasteiger partial charge in [0.25, 0.3) is 0 Å². The van der Waals surface area contributed by atoms with Gasteiger partial charge < -0.3 is 16.0 Å². The highest BCUT2D eigenvalue weighted by Gasteiger charge is 2.24. The Morgan fingerprint density at radius 1 is 1.25 bits per heavy atom. The van der Waals surface area contributed by atoms with Crippen LogP contribution < -0.4 is 11.1 Å². The summed E-state index contributed by atoms with van der Waals surface area (Å²) in [7, 11) is 2.13. The highest BCUT2D eigenvalue weighted by molar-refractivity contribution is 5.76. The zero-order valence-electron chi connectivity index (χ0n) is 12.8. The molecule has 1 aliphatic carbocycles. The van der Waals surface area contributed by atoms with E-state index in [0.717, 1.165) is 39.0 Å². The van der Waals surface area contributed by atoms with Crippen LogP contribution in [0.4, 0.5) is 0 Å². The average Bonchev–Trinajstić information content (AvgIpc) is 2.47. The number of hydrogen-bond acceptors (Lipinski definition) is 4. The van der Waals surface area contributed by atoms with Crippen LogP contribution in [0.1, 0.15) is 38.5 Å². The topological polar surface area (TPSA) is 61.6 Å². The molecule has 0 aromatic carbocycles. The Labute approximate surface area is 122 Å². The van der Waals surface area contributed by atoms with E-state index in [2.05, 4.69) is 22.2 Å². The smallest absolute Gasteiger partial charge is 0.221 e. The number of carbonyl (C=O) groups excluding carboxylic acids is 1. The first kappa shape index (κ1) is 15.7. The lowest BCUT2D eigenvalue weighted by molar-refractivity contribution is -0.122. The molecule has 5 nitrogen and oxygen atoms in total. The lowest BCUT2D eigenvalue weighted by Crippen LogP contribution is -2.55. The van der Waals surface area contributed by atoms with Crippen LogP contribution in [0.25, 0.3) is 0 Å². The van der Waals surface area contributed by atoms with Gasteiger partial charge in [-0.3, -0.25) is 9.69 Å². The number of carbonyl (C=O) groups is 1. The minimum absolute atomic E-state index is 0.214. The van der Waals surface area contributed by atoms with Crippen LogP contribution >= 0.6 is 0 Å². The summed E-state index contributed by atoms with van der Waals surface area (Å²) in [6, 6.07) is 0.824. The first-order chi connectivity index (χ1) is 9.69. The Kier molecular flexibility index (Phi) is 6.26. The molecule has 0 aromatic rings. The summed E-state index contributed by atoms with van der Waals surface area (Å²) >= 11 is 0. The highest BCUT2D eigenvalue weighted by Crippen LogP contribution is 2.17. The van der Waals surface area contributed by atoms with Gasteiger partial charge in [0.15, 0.2) is 0 Å². The van der Waals surface area contributed by atoms with Gasteiger partial charge in [0, 0.05) is 51.2 Å². The predicted molar refractivity (Wildman–Crippen MR) is 81.5 cm³/mol. The van der Waals surface area contributed by atoms with Crippen LogP contribution in [0.3, 0.4) is 0 Å². The van der Waals surface area contributed by atoms with Crippen molar-refractivity contribution in [2.45, 2.75) is 50.6 Å². The second-order valence-electron chi connectivity index (χ2n) is 6.34. The molecule has 1 unspecified atom stereocenters. The van der Waals surface area contributed by atoms with E-state index < -0.39 is 0 Å². The van der Waals surface area contributed by atoms with Crippen molar-refractivity contribution >= 4 is 5.91 Å². The van der Waals surface area contributed by atoms with Crippen molar-refractivity contribution in [1.29, 1.82) is 0 Å². The number of amides is 1. The monoisotopic (exact) mass is 282 g/mol. The molecule has 1 saturated heterocycles. The molecule has 20 heavy (non-hydrogen) atoms. The molecule has 1 amide bonds. The molecule has 1 aliphatic heterocycles. The first-order valence-electron chi connectivity index (χ1n) is 8.11. The molecule has 1 saturated carbocycles. The average molecular weight is 282 g/mol. The van der Waals surface area contributed by atoms with Gasteiger partial charge in [-0.25, -0.2) is 0 Å². The third-order valence-electron chi connectivity index (χ3n) is 4.68. The normalized spacial score (nSPS) is 26.6. The van der Waals surface area contributed by atoms with Crippen LogP contribution in [0.15, 0.2) is 0 Å². The molecule has 3 N–H and O–H groups in total. The van der Waals surface area contributed by atoms with E-state index in [-0.39, 0.29) is 5.91 Å². The molecule has 2 fully saturated rings. The maximum Gasteiger partial charge on any atom is 0.221 e. The second-order valence-corrected chi connectivity index (χ2v) is 6.34. The summed E-state index contributed by atoms with van der Waals surface area (Å²) in [5.41, 5.74) is 5.84. The van der Waals surface area contributed by atoms with Gasteiger partial charge in [-0.2, -0.15) is 0 Å². The minimum atomic E-state index is 0.214. The van der Waals surface area contributed by atoms with Gasteiger partial charge in [-0.1, -0.05) is 19.3 Å². The Balaban J connectivity index is 1.69. The molecule has 0 aromatic heterocycles. The number of nitrogens with one attached hydrogen (secondary N) is 1. The zero-order chi connectivity index (χ0) is 14.4. The van der Waals surface area contributed by atoms with Gasteiger partial charge in [-0.05, 0) is 19.9 Å². The molecule has 0 spiro atoms. The van der Waals surface area contributed by atoms with Gasteiger partial charge in [-0.15, -0.1) is 0 Å². The Hall–Kier alpha value is -0.650. The van der Waals surface area contributed by atoms with Gasteiger partial charge in [0.1, 0.15) is 0 Å². The minimum Gasteiger partial charge on any atom is -0.353 e. The molecule has 0 radical (unpaired) electrons. The maximum absolute atomic E-state index is 12.0. The third kappa shape index (κ3) is 4.72. The molecule has 1 atom stereocenters. The number of hydrogen-bond donors (Lipinski definition) is 2. The standard InChI is InChI=1S/C15H30N4O/c1-18-9-10-19(14(11-16)12-18)8-7-15(20)17-13-5-3-2-4-6-13/h13-14H,2-12,16H2,1H3,(H,17,20). The van der Waals surface area contributed by atoms with E-state index in [4.69, 9.17) is 5.73 Å². The number of piperazine rings is 1. The van der Waals surface area contributed by atoms with Gasteiger partial charge in [0.05, 0.1) is 0 Å². The Morgan fingerprint density at radius 2 is 2.00 bits per heavy atom. The lowest BCUT2D eigenvalue weighted by Gasteiger charge is -2.39. The fourth-order valence-electron chi connectivity index (χ4n) is 3.36. The summed E-state index contributed by atoms with van der Waals surface area (Å²) in [6.07, 6.45) is 6.78. The van der Waals surface area contributed by atoms with Crippen molar-refractivity contribution in [1.82, 2.24) is 15.1 Å². The summed E-state index contributed by atoms with van der Waals surface area (Å²) in [4.78, 5) is 16.7.